The molecule has 5 nitrogen and oxygen atoms in total. The van der Waals surface area contributed by atoms with Crippen LogP contribution in [0.4, 0.5) is 0 Å². The predicted molar refractivity (Wildman–Crippen MR) is 75.8 cm³/mol. The maximum absolute atomic E-state index is 6.16. The van der Waals surface area contributed by atoms with Crippen LogP contribution in [0.3, 0.4) is 0 Å². The van der Waals surface area contributed by atoms with Crippen molar-refractivity contribution in [3.8, 4) is 5.75 Å². The summed E-state index contributed by atoms with van der Waals surface area (Å²) in [6.07, 6.45) is 0.712. The van der Waals surface area contributed by atoms with E-state index in [1.807, 2.05) is 12.1 Å². The van der Waals surface area contributed by atoms with Crippen molar-refractivity contribution >= 4 is 11.6 Å². The van der Waals surface area contributed by atoms with E-state index in [2.05, 4.69) is 5.16 Å². The fraction of sp³-hybridized carbons (Fsp3) is 0.357. The molecule has 2 rings (SSSR count). The normalized spacial score (nSPS) is 10.8. The smallest absolute Gasteiger partial charge is 0.162 e. The van der Waals surface area contributed by atoms with Crippen LogP contribution in [-0.4, -0.2) is 18.8 Å². The quantitative estimate of drug-likeness (QED) is 0.850. The van der Waals surface area contributed by atoms with Crippen LogP contribution >= 0.6 is 11.6 Å². The molecule has 2 N–H and O–H groups in total. The number of halogens is 1. The van der Waals surface area contributed by atoms with Crippen LogP contribution in [0, 0.1) is 0 Å². The Morgan fingerprint density at radius 3 is 2.95 bits per heavy atom. The lowest BCUT2D eigenvalue weighted by Gasteiger charge is -2.11. The van der Waals surface area contributed by atoms with Crippen LogP contribution < -0.4 is 10.5 Å². The number of para-hydroxylation sites is 1. The van der Waals surface area contributed by atoms with E-state index in [4.69, 9.17) is 31.3 Å². The fourth-order valence-electron chi connectivity index (χ4n) is 1.85. The van der Waals surface area contributed by atoms with Crippen LogP contribution in [0.2, 0.25) is 5.02 Å². The molecule has 0 saturated carbocycles. The average molecular weight is 297 g/mol. The number of benzene rings is 1. The molecule has 1 heterocycles. The first-order valence-corrected chi connectivity index (χ1v) is 6.66. The van der Waals surface area contributed by atoms with Gasteiger partial charge in [0.1, 0.15) is 24.7 Å². The molecule has 0 radical (unpaired) electrons. The highest BCUT2D eigenvalue weighted by atomic mass is 35.5. The van der Waals surface area contributed by atoms with Gasteiger partial charge in [0.25, 0.3) is 0 Å². The van der Waals surface area contributed by atoms with Gasteiger partial charge in [-0.25, -0.2) is 0 Å². The number of methoxy groups -OCH3 is 1. The van der Waals surface area contributed by atoms with E-state index in [0.717, 1.165) is 5.56 Å². The monoisotopic (exact) mass is 296 g/mol. The molecule has 0 aliphatic carbocycles. The molecule has 2 aromatic rings. The van der Waals surface area contributed by atoms with Crippen LogP contribution in [0.1, 0.15) is 17.0 Å². The van der Waals surface area contributed by atoms with E-state index >= 15 is 0 Å². The minimum absolute atomic E-state index is 0.286. The van der Waals surface area contributed by atoms with Crippen LogP contribution in [0.25, 0.3) is 0 Å². The Morgan fingerprint density at radius 2 is 2.20 bits per heavy atom. The number of rotatable bonds is 7. The van der Waals surface area contributed by atoms with Crippen molar-refractivity contribution in [3.63, 3.8) is 0 Å². The van der Waals surface area contributed by atoms with Crippen molar-refractivity contribution < 1.29 is 14.0 Å². The molecule has 0 aliphatic rings. The predicted octanol–water partition coefficient (Wildman–Crippen LogP) is 2.55. The molecular formula is C14H17ClN2O3. The SMILES string of the molecule is COCc1cc(COc2c(Cl)cccc2CCN)no1. The van der Waals surface area contributed by atoms with Crippen LogP contribution in [0.5, 0.6) is 5.75 Å². The summed E-state index contributed by atoms with van der Waals surface area (Å²) >= 11 is 6.16. The molecule has 0 amide bonds. The van der Waals surface area contributed by atoms with Crippen molar-refractivity contribution in [3.05, 3.63) is 46.3 Å². The van der Waals surface area contributed by atoms with Crippen LogP contribution in [-0.2, 0) is 24.4 Å². The Kier molecular flexibility index (Phi) is 5.40. The maximum Gasteiger partial charge on any atom is 0.162 e. The molecule has 0 spiro atoms. The molecule has 1 aromatic carbocycles. The van der Waals surface area contributed by atoms with Gasteiger partial charge in [0.2, 0.25) is 0 Å². The first-order valence-electron chi connectivity index (χ1n) is 6.28. The minimum Gasteiger partial charge on any atom is -0.485 e. The largest absolute Gasteiger partial charge is 0.485 e. The second-order valence-electron chi connectivity index (χ2n) is 4.27. The molecule has 108 valence electrons. The van der Waals surface area contributed by atoms with E-state index in [1.54, 1.807) is 19.2 Å². The van der Waals surface area contributed by atoms with E-state index in [9.17, 15) is 0 Å². The van der Waals surface area contributed by atoms with Crippen LogP contribution in [0.15, 0.2) is 28.8 Å². The molecule has 0 unspecified atom stereocenters. The molecule has 0 saturated heterocycles. The Labute approximate surface area is 122 Å². The molecule has 0 atom stereocenters. The highest BCUT2D eigenvalue weighted by Gasteiger charge is 2.10. The molecule has 20 heavy (non-hydrogen) atoms. The van der Waals surface area contributed by atoms with Crippen molar-refractivity contribution in [2.24, 2.45) is 5.73 Å². The third-order valence-corrected chi connectivity index (χ3v) is 3.02. The Balaban J connectivity index is 2.05. The zero-order valence-electron chi connectivity index (χ0n) is 11.3. The van der Waals surface area contributed by atoms with Crippen molar-refractivity contribution in [2.45, 2.75) is 19.6 Å². The molecule has 0 bridgehead atoms. The Bertz CT molecular complexity index is 557. The number of hydrogen-bond donors (Lipinski definition) is 1. The zero-order valence-corrected chi connectivity index (χ0v) is 12.0. The lowest BCUT2D eigenvalue weighted by atomic mass is 10.1. The first-order chi connectivity index (χ1) is 9.74. The summed E-state index contributed by atoms with van der Waals surface area (Å²) in [4.78, 5) is 0. The molecule has 1 aromatic heterocycles. The summed E-state index contributed by atoms with van der Waals surface area (Å²) in [5.74, 6) is 1.31. The van der Waals surface area contributed by atoms with Gasteiger partial charge in [-0.1, -0.05) is 28.9 Å². The maximum atomic E-state index is 6.16. The second-order valence-corrected chi connectivity index (χ2v) is 4.68. The van der Waals surface area contributed by atoms with Gasteiger partial charge < -0.3 is 19.7 Å². The molecule has 6 heteroatoms. The van der Waals surface area contributed by atoms with Gasteiger partial charge in [0.15, 0.2) is 5.76 Å². The summed E-state index contributed by atoms with van der Waals surface area (Å²) < 4.78 is 15.8. The molecule has 0 aliphatic heterocycles. The van der Waals surface area contributed by atoms with Gasteiger partial charge in [-0.2, -0.15) is 0 Å². The lowest BCUT2D eigenvalue weighted by molar-refractivity contribution is 0.155. The summed E-state index contributed by atoms with van der Waals surface area (Å²) in [5, 5.41) is 4.47. The Morgan fingerprint density at radius 1 is 1.35 bits per heavy atom. The molecule has 0 fully saturated rings. The van der Waals surface area contributed by atoms with E-state index in [-0.39, 0.29) is 6.61 Å². The van der Waals surface area contributed by atoms with Gasteiger partial charge in [-0.05, 0) is 24.6 Å². The van der Waals surface area contributed by atoms with E-state index < -0.39 is 0 Å². The second kappa shape index (κ2) is 7.28. The van der Waals surface area contributed by atoms with Gasteiger partial charge in [-0.15, -0.1) is 0 Å². The van der Waals surface area contributed by atoms with Gasteiger partial charge in [-0.3, -0.25) is 0 Å². The number of aromatic nitrogens is 1. The number of nitrogens with zero attached hydrogens (tertiary/aromatic N) is 1. The number of hydrogen-bond acceptors (Lipinski definition) is 5. The minimum atomic E-state index is 0.286. The van der Waals surface area contributed by atoms with Crippen molar-refractivity contribution in [1.29, 1.82) is 0 Å². The highest BCUT2D eigenvalue weighted by Crippen LogP contribution is 2.29. The van der Waals surface area contributed by atoms with Crippen molar-refractivity contribution in [2.75, 3.05) is 13.7 Å². The fourth-order valence-corrected chi connectivity index (χ4v) is 2.10. The summed E-state index contributed by atoms with van der Waals surface area (Å²) in [6, 6.07) is 7.42. The standard InChI is InChI=1S/C14H17ClN2O3/c1-18-9-12-7-11(17-20-12)8-19-14-10(5-6-16)3-2-4-13(14)15/h2-4,7H,5-6,8-9,16H2,1H3. The van der Waals surface area contributed by atoms with Gasteiger partial charge >= 0.3 is 0 Å². The summed E-state index contributed by atoms with van der Waals surface area (Å²) in [7, 11) is 1.60. The third-order valence-electron chi connectivity index (χ3n) is 2.72. The van der Waals surface area contributed by atoms with Gasteiger partial charge in [0.05, 0.1) is 5.02 Å². The summed E-state index contributed by atoms with van der Waals surface area (Å²) in [6.45, 7) is 1.21. The number of ether oxygens (including phenoxy) is 2. The lowest BCUT2D eigenvalue weighted by Crippen LogP contribution is -2.06. The average Bonchev–Trinajstić information content (AvgIpc) is 2.87. The van der Waals surface area contributed by atoms with Crippen molar-refractivity contribution in [1.82, 2.24) is 5.16 Å². The van der Waals surface area contributed by atoms with E-state index in [1.165, 1.54) is 0 Å². The van der Waals surface area contributed by atoms with Gasteiger partial charge in [0, 0.05) is 13.2 Å². The Hall–Kier alpha value is -1.56. The first kappa shape index (κ1) is 14.8. The zero-order chi connectivity index (χ0) is 14.4. The molecular weight excluding hydrogens is 280 g/mol. The number of nitrogens with two attached hydrogens (primary N) is 1. The topological polar surface area (TPSA) is 70.5 Å². The van der Waals surface area contributed by atoms with E-state index in [0.29, 0.717) is 41.8 Å². The third kappa shape index (κ3) is 3.72. The highest BCUT2D eigenvalue weighted by molar-refractivity contribution is 6.32. The summed E-state index contributed by atoms with van der Waals surface area (Å²) in [5.41, 5.74) is 7.26.